The van der Waals surface area contributed by atoms with E-state index in [-0.39, 0.29) is 27.0 Å². The van der Waals surface area contributed by atoms with Gasteiger partial charge in [-0.3, -0.25) is 14.7 Å². The standard InChI is InChI=1S/C20H17Cl2N5O5/c1-20(4-5-20)27-14-8-10(2-3-13(14)24-18(27)29)31-15-11(21)6-9(7-12(15)22)23-17(28)16-25-19(30)32-26-16/h2-3,6-8,16,26H,4-5H2,1H3,(H,23,28)(H,24,29)(H,25,30). The average molecular weight is 478 g/mol. The van der Waals surface area contributed by atoms with Crippen molar-refractivity contribution in [2.24, 2.45) is 0 Å². The normalized spacial score (nSPS) is 18.8. The van der Waals surface area contributed by atoms with Crippen molar-refractivity contribution < 1.29 is 19.2 Å². The van der Waals surface area contributed by atoms with Gasteiger partial charge in [-0.25, -0.2) is 9.59 Å². The Labute approximate surface area is 190 Å². The molecule has 2 aliphatic rings. The fourth-order valence-corrected chi connectivity index (χ4v) is 4.12. The lowest BCUT2D eigenvalue weighted by Gasteiger charge is -2.14. The van der Waals surface area contributed by atoms with Gasteiger partial charge in [-0.1, -0.05) is 23.2 Å². The summed E-state index contributed by atoms with van der Waals surface area (Å²) < 4.78 is 7.67. The summed E-state index contributed by atoms with van der Waals surface area (Å²) in [4.78, 5) is 43.0. The number of imidazole rings is 1. The number of rotatable bonds is 5. The molecule has 5 rings (SSSR count). The predicted octanol–water partition coefficient (Wildman–Crippen LogP) is 3.45. The third-order valence-electron chi connectivity index (χ3n) is 5.45. The maximum absolute atomic E-state index is 12.4. The molecule has 1 unspecified atom stereocenters. The molecule has 1 saturated carbocycles. The van der Waals surface area contributed by atoms with Crippen LogP contribution in [-0.2, 0) is 15.2 Å². The van der Waals surface area contributed by atoms with Crippen molar-refractivity contribution in [3.63, 3.8) is 0 Å². The number of hydroxylamine groups is 1. The molecule has 32 heavy (non-hydrogen) atoms. The van der Waals surface area contributed by atoms with E-state index in [1.807, 2.05) is 6.92 Å². The minimum atomic E-state index is -1.05. The molecular formula is C20H17Cl2N5O5. The molecule has 0 spiro atoms. The van der Waals surface area contributed by atoms with Crippen LogP contribution in [0.4, 0.5) is 10.5 Å². The van der Waals surface area contributed by atoms with E-state index in [0.29, 0.717) is 17.0 Å². The maximum Gasteiger partial charge on any atom is 0.427 e. The first-order chi connectivity index (χ1) is 15.2. The van der Waals surface area contributed by atoms with Gasteiger partial charge in [0.05, 0.1) is 21.1 Å². The fourth-order valence-electron chi connectivity index (χ4n) is 3.56. The molecule has 2 heterocycles. The van der Waals surface area contributed by atoms with E-state index in [4.69, 9.17) is 27.9 Å². The quantitative estimate of drug-likeness (QED) is 0.445. The third kappa shape index (κ3) is 3.66. The monoisotopic (exact) mass is 477 g/mol. The highest BCUT2D eigenvalue weighted by Gasteiger charge is 2.41. The van der Waals surface area contributed by atoms with E-state index in [2.05, 4.69) is 25.9 Å². The summed E-state index contributed by atoms with van der Waals surface area (Å²) in [5.74, 6) is 0.0783. The van der Waals surface area contributed by atoms with Crippen molar-refractivity contribution >= 4 is 51.9 Å². The van der Waals surface area contributed by atoms with Crippen LogP contribution in [0, 0.1) is 0 Å². The Morgan fingerprint density at radius 3 is 2.56 bits per heavy atom. The van der Waals surface area contributed by atoms with Crippen LogP contribution in [-0.4, -0.2) is 27.7 Å². The topological polar surface area (TPSA) is 126 Å². The number of fused-ring (bicyclic) bond motifs is 1. The molecule has 1 atom stereocenters. The van der Waals surface area contributed by atoms with Crippen LogP contribution < -0.4 is 26.5 Å². The highest BCUT2D eigenvalue weighted by molar-refractivity contribution is 6.37. The number of aromatic nitrogens is 2. The van der Waals surface area contributed by atoms with E-state index < -0.39 is 18.2 Å². The molecule has 4 N–H and O–H groups in total. The predicted molar refractivity (Wildman–Crippen MR) is 117 cm³/mol. The Hall–Kier alpha value is -3.21. The number of nitrogens with zero attached hydrogens (tertiary/aromatic N) is 1. The molecule has 1 saturated heterocycles. The largest absolute Gasteiger partial charge is 0.454 e. The van der Waals surface area contributed by atoms with Gasteiger partial charge in [0, 0.05) is 17.3 Å². The van der Waals surface area contributed by atoms with Gasteiger partial charge >= 0.3 is 11.8 Å². The van der Waals surface area contributed by atoms with Crippen LogP contribution in [0.2, 0.25) is 10.0 Å². The zero-order chi connectivity index (χ0) is 22.6. The lowest BCUT2D eigenvalue weighted by molar-refractivity contribution is -0.119. The summed E-state index contributed by atoms with van der Waals surface area (Å²) in [6, 6.07) is 8.15. The minimum absolute atomic E-state index is 0.160. The number of amides is 2. The molecule has 1 aliphatic heterocycles. The Balaban J connectivity index is 1.40. The van der Waals surface area contributed by atoms with Crippen LogP contribution in [0.5, 0.6) is 11.5 Å². The third-order valence-corrected chi connectivity index (χ3v) is 6.01. The SMILES string of the molecule is CC1(n2c(=O)[nH]c3ccc(Oc4c(Cl)cc(NC(=O)C5NOC(=O)N5)cc4Cl)cc32)CC1. The highest BCUT2D eigenvalue weighted by Crippen LogP contribution is 2.44. The van der Waals surface area contributed by atoms with Crippen LogP contribution in [0.25, 0.3) is 11.0 Å². The van der Waals surface area contributed by atoms with Gasteiger partial charge < -0.3 is 19.9 Å². The van der Waals surface area contributed by atoms with Gasteiger partial charge in [0.25, 0.3) is 5.91 Å². The summed E-state index contributed by atoms with van der Waals surface area (Å²) in [5, 5.41) is 5.17. The average Bonchev–Trinajstić information content (AvgIpc) is 3.16. The van der Waals surface area contributed by atoms with Gasteiger partial charge in [-0.2, -0.15) is 0 Å². The van der Waals surface area contributed by atoms with Crippen molar-refractivity contribution in [2.45, 2.75) is 31.5 Å². The minimum Gasteiger partial charge on any atom is -0.454 e. The zero-order valence-electron chi connectivity index (χ0n) is 16.6. The molecule has 2 fully saturated rings. The zero-order valence-corrected chi connectivity index (χ0v) is 18.1. The Morgan fingerprint density at radius 2 is 1.94 bits per heavy atom. The van der Waals surface area contributed by atoms with Crippen molar-refractivity contribution in [3.05, 3.63) is 50.9 Å². The van der Waals surface area contributed by atoms with Crippen LogP contribution >= 0.6 is 23.2 Å². The fraction of sp³-hybridized carbons (Fsp3) is 0.250. The number of ether oxygens (including phenoxy) is 1. The first kappa shape index (κ1) is 20.7. The lowest BCUT2D eigenvalue weighted by Crippen LogP contribution is -2.43. The first-order valence-electron chi connectivity index (χ1n) is 9.69. The van der Waals surface area contributed by atoms with Crippen molar-refractivity contribution in [2.75, 3.05) is 5.32 Å². The van der Waals surface area contributed by atoms with Crippen LogP contribution in [0.3, 0.4) is 0 Å². The van der Waals surface area contributed by atoms with Gasteiger partial charge in [0.1, 0.15) is 5.75 Å². The van der Waals surface area contributed by atoms with Gasteiger partial charge in [-0.15, -0.1) is 5.48 Å². The van der Waals surface area contributed by atoms with Crippen molar-refractivity contribution in [1.29, 1.82) is 0 Å². The smallest absolute Gasteiger partial charge is 0.427 e. The van der Waals surface area contributed by atoms with E-state index >= 15 is 0 Å². The number of benzene rings is 2. The highest BCUT2D eigenvalue weighted by atomic mass is 35.5. The van der Waals surface area contributed by atoms with E-state index in [1.165, 1.54) is 12.1 Å². The van der Waals surface area contributed by atoms with E-state index in [0.717, 1.165) is 18.4 Å². The van der Waals surface area contributed by atoms with Gasteiger partial charge in [-0.05, 0) is 44.0 Å². The second-order valence-corrected chi connectivity index (χ2v) is 8.70. The number of nitrogens with one attached hydrogen (secondary N) is 4. The Morgan fingerprint density at radius 1 is 1.22 bits per heavy atom. The maximum atomic E-state index is 12.4. The summed E-state index contributed by atoms with van der Waals surface area (Å²) in [5.41, 5.74) is 3.64. The van der Waals surface area contributed by atoms with Crippen molar-refractivity contribution in [3.8, 4) is 11.5 Å². The Kier molecular flexibility index (Phi) is 4.81. The van der Waals surface area contributed by atoms with Gasteiger partial charge in [0.15, 0.2) is 11.9 Å². The molecular weight excluding hydrogens is 461 g/mol. The van der Waals surface area contributed by atoms with Gasteiger partial charge in [0.2, 0.25) is 0 Å². The number of carbonyl (C=O) groups is 2. The molecule has 166 valence electrons. The molecule has 12 heteroatoms. The lowest BCUT2D eigenvalue weighted by atomic mass is 10.2. The Bertz CT molecular complexity index is 1310. The van der Waals surface area contributed by atoms with E-state index in [9.17, 15) is 14.4 Å². The molecule has 1 aliphatic carbocycles. The number of hydrogen-bond acceptors (Lipinski definition) is 6. The number of aromatic amines is 1. The second-order valence-electron chi connectivity index (χ2n) is 7.89. The number of hydrogen-bond donors (Lipinski definition) is 4. The molecule has 2 aromatic carbocycles. The molecule has 10 nitrogen and oxygen atoms in total. The molecule has 3 aromatic rings. The number of anilines is 1. The summed E-state index contributed by atoms with van der Waals surface area (Å²) in [7, 11) is 0. The van der Waals surface area contributed by atoms with Crippen molar-refractivity contribution in [1.82, 2.24) is 20.3 Å². The summed E-state index contributed by atoms with van der Waals surface area (Å²) in [6.07, 6.45) is 0.0599. The molecule has 0 radical (unpaired) electrons. The summed E-state index contributed by atoms with van der Waals surface area (Å²) in [6.45, 7) is 2.04. The van der Waals surface area contributed by atoms with E-state index in [1.54, 1.807) is 22.8 Å². The number of H-pyrrole nitrogens is 1. The summed E-state index contributed by atoms with van der Waals surface area (Å²) >= 11 is 12.7. The molecule has 0 bridgehead atoms. The first-order valence-corrected chi connectivity index (χ1v) is 10.4. The molecule has 1 aromatic heterocycles. The number of halogens is 2. The molecule has 2 amide bonds. The van der Waals surface area contributed by atoms with Crippen LogP contribution in [0.15, 0.2) is 35.1 Å². The van der Waals surface area contributed by atoms with Crippen LogP contribution in [0.1, 0.15) is 19.8 Å². The number of carbonyl (C=O) groups excluding carboxylic acids is 2. The second kappa shape index (κ2) is 7.44.